The summed E-state index contributed by atoms with van der Waals surface area (Å²) >= 11 is 0. The van der Waals surface area contributed by atoms with Gasteiger partial charge in [0.25, 0.3) is 5.69 Å². The van der Waals surface area contributed by atoms with Gasteiger partial charge in [-0.1, -0.05) is 65.2 Å². The molecule has 0 bridgehead atoms. The summed E-state index contributed by atoms with van der Waals surface area (Å²) in [5, 5.41) is 29.3. The normalized spacial score (nSPS) is 12.8. The molecule has 1 aromatic heterocycles. The average Bonchev–Trinajstić information content (AvgIpc) is 3.40. The van der Waals surface area contributed by atoms with E-state index in [-0.39, 0.29) is 23.8 Å². The lowest BCUT2D eigenvalue weighted by Gasteiger charge is -2.37. The summed E-state index contributed by atoms with van der Waals surface area (Å²) < 4.78 is 29.0. The van der Waals surface area contributed by atoms with Gasteiger partial charge in [0.05, 0.1) is 41.5 Å². The van der Waals surface area contributed by atoms with Gasteiger partial charge in [0.15, 0.2) is 7.29 Å². The Morgan fingerprint density at radius 3 is 2.50 bits per heavy atom. The van der Waals surface area contributed by atoms with Crippen molar-refractivity contribution in [1.82, 2.24) is 19.7 Å². The first-order valence-electron chi connectivity index (χ1n) is 15.1. The topological polar surface area (TPSA) is 136 Å². The third-order valence-corrected chi connectivity index (χ3v) is 11.7. The summed E-state index contributed by atoms with van der Waals surface area (Å²) in [5.41, 5.74) is 2.27. The van der Waals surface area contributed by atoms with Crippen molar-refractivity contribution in [2.45, 2.75) is 110 Å². The largest absolute Gasteiger partial charge is 0.355 e. The first-order chi connectivity index (χ1) is 20.0. The van der Waals surface area contributed by atoms with Crippen LogP contribution in [0.1, 0.15) is 103 Å². The van der Waals surface area contributed by atoms with Gasteiger partial charge in [0.1, 0.15) is 6.79 Å². The van der Waals surface area contributed by atoms with Crippen molar-refractivity contribution in [3.63, 3.8) is 0 Å². The van der Waals surface area contributed by atoms with E-state index >= 15 is 0 Å². The Labute approximate surface area is 251 Å². The van der Waals surface area contributed by atoms with Crippen molar-refractivity contribution in [2.75, 3.05) is 26.5 Å². The second-order valence-corrected chi connectivity index (χ2v) is 15.3. The zero-order chi connectivity index (χ0) is 31.1. The molecule has 0 aliphatic rings. The third kappa shape index (κ3) is 10.6. The molecule has 0 saturated heterocycles. The molecular weight excluding hydrogens is 555 g/mol. The number of hydrogen-bond donors (Lipinski definition) is 0. The van der Waals surface area contributed by atoms with Crippen LogP contribution < -0.4 is 0 Å². The molecule has 0 amide bonds. The second kappa shape index (κ2) is 18.1. The number of unbranched alkanes of at least 4 members (excludes halogenated alkanes) is 3. The molecule has 2 rings (SSSR count). The molecule has 1 heterocycles. The minimum absolute atomic E-state index is 0.00462. The summed E-state index contributed by atoms with van der Waals surface area (Å²) in [5.74, 6) is 0. The number of nitriles is 1. The van der Waals surface area contributed by atoms with Gasteiger partial charge in [-0.25, -0.2) is 4.68 Å². The van der Waals surface area contributed by atoms with Gasteiger partial charge in [-0.05, 0) is 37.8 Å². The Hall–Kier alpha value is -2.64. The molecule has 0 radical (unpaired) electrons. The second-order valence-electron chi connectivity index (χ2n) is 11.3. The van der Waals surface area contributed by atoms with E-state index in [1.807, 2.05) is 38.6 Å². The highest BCUT2D eigenvalue weighted by atomic mass is 31.2. The van der Waals surface area contributed by atoms with Gasteiger partial charge in [-0.15, -0.1) is 5.10 Å². The van der Waals surface area contributed by atoms with E-state index in [2.05, 4.69) is 23.3 Å². The zero-order valence-electron chi connectivity index (χ0n) is 26.2. The average molecular weight is 605 g/mol. The molecule has 42 heavy (non-hydrogen) atoms. The van der Waals surface area contributed by atoms with Gasteiger partial charge < -0.3 is 14.0 Å². The van der Waals surface area contributed by atoms with Crippen LogP contribution in [0.25, 0.3) is 0 Å². The maximum absolute atomic E-state index is 13.8. The first-order valence-corrected chi connectivity index (χ1v) is 16.9. The lowest BCUT2D eigenvalue weighted by molar-refractivity contribution is -0.386. The standard InChI is InChI=1S/C30H49N6O5P/c1-7-8-9-10-13-28-22-34(33-32-28)21-27-14-15-30(36(37)38)29(20-27)26(6)41-23-40-19-12-18-35(17-11-16-31)42(39,24(2)3)25(4)5/h14-15,20,22,24-26H,7-13,17-19,21,23H2,1-6H3. The van der Waals surface area contributed by atoms with Crippen LogP contribution in [0, 0.1) is 21.4 Å². The predicted molar refractivity (Wildman–Crippen MR) is 165 cm³/mol. The lowest BCUT2D eigenvalue weighted by atomic mass is 10.0. The van der Waals surface area contributed by atoms with Gasteiger partial charge in [0.2, 0.25) is 0 Å². The molecule has 11 nitrogen and oxygen atoms in total. The number of nitro groups is 1. The van der Waals surface area contributed by atoms with E-state index in [4.69, 9.17) is 14.7 Å². The van der Waals surface area contributed by atoms with Crippen LogP contribution in [0.2, 0.25) is 0 Å². The number of ether oxygens (including phenoxy) is 2. The summed E-state index contributed by atoms with van der Waals surface area (Å²) in [7, 11) is -2.64. The van der Waals surface area contributed by atoms with Crippen LogP contribution in [0.4, 0.5) is 5.69 Å². The fourth-order valence-corrected chi connectivity index (χ4v) is 8.51. The zero-order valence-corrected chi connectivity index (χ0v) is 27.1. The Kier molecular flexibility index (Phi) is 15.3. The van der Waals surface area contributed by atoms with Gasteiger partial charge in [-0.2, -0.15) is 5.26 Å². The van der Waals surface area contributed by atoms with Crippen LogP contribution in [0.3, 0.4) is 0 Å². The van der Waals surface area contributed by atoms with Gasteiger partial charge in [-0.3, -0.25) is 14.8 Å². The third-order valence-electron chi connectivity index (χ3n) is 7.45. The van der Waals surface area contributed by atoms with Crippen LogP contribution in [0.15, 0.2) is 24.4 Å². The van der Waals surface area contributed by atoms with E-state index in [0.29, 0.717) is 44.6 Å². The Balaban J connectivity index is 1.93. The molecule has 0 N–H and O–H groups in total. The molecule has 2 aromatic rings. The Morgan fingerprint density at radius 2 is 1.86 bits per heavy atom. The van der Waals surface area contributed by atoms with Gasteiger partial charge in [0, 0.05) is 43.1 Å². The summed E-state index contributed by atoms with van der Waals surface area (Å²) in [6.45, 7) is 13.7. The SMILES string of the molecule is CCCCCCc1cn(Cc2ccc([N+](=O)[O-])c(C(C)OCOCCCN(CCC#N)P(=O)(C(C)C)C(C)C)c2)nn1. The molecule has 1 atom stereocenters. The molecule has 0 fully saturated rings. The summed E-state index contributed by atoms with van der Waals surface area (Å²) in [4.78, 5) is 11.3. The molecule has 234 valence electrons. The van der Waals surface area contributed by atoms with Crippen molar-refractivity contribution in [3.05, 3.63) is 51.3 Å². The van der Waals surface area contributed by atoms with Crippen molar-refractivity contribution in [1.29, 1.82) is 5.26 Å². The maximum Gasteiger partial charge on any atom is 0.275 e. The maximum atomic E-state index is 13.8. The van der Waals surface area contributed by atoms with Crippen molar-refractivity contribution < 1.29 is 19.0 Å². The number of aryl methyl sites for hydroxylation is 1. The molecule has 12 heteroatoms. The fraction of sp³-hybridized carbons (Fsp3) is 0.700. The van der Waals surface area contributed by atoms with Crippen molar-refractivity contribution in [3.8, 4) is 6.07 Å². The van der Waals surface area contributed by atoms with Gasteiger partial charge >= 0.3 is 0 Å². The molecule has 0 saturated carbocycles. The number of benzene rings is 1. The minimum atomic E-state index is -2.64. The first kappa shape index (κ1) is 35.6. The van der Waals surface area contributed by atoms with E-state index in [1.165, 1.54) is 25.3 Å². The highest BCUT2D eigenvalue weighted by Gasteiger charge is 2.36. The van der Waals surface area contributed by atoms with Crippen LogP contribution in [-0.4, -0.2) is 62.4 Å². The lowest BCUT2D eigenvalue weighted by Crippen LogP contribution is -2.31. The minimum Gasteiger partial charge on any atom is -0.355 e. The molecule has 1 unspecified atom stereocenters. The molecule has 0 aliphatic carbocycles. The number of rotatable bonds is 21. The van der Waals surface area contributed by atoms with Crippen molar-refractivity contribution in [2.24, 2.45) is 0 Å². The predicted octanol–water partition coefficient (Wildman–Crippen LogP) is 7.11. The molecule has 1 aromatic carbocycles. The number of nitrogens with zero attached hydrogens (tertiary/aromatic N) is 6. The summed E-state index contributed by atoms with van der Waals surface area (Å²) in [6.07, 6.45) is 7.87. The molecule has 0 aliphatic heterocycles. The van der Waals surface area contributed by atoms with E-state index < -0.39 is 18.3 Å². The highest BCUT2D eigenvalue weighted by Crippen LogP contribution is 2.58. The monoisotopic (exact) mass is 604 g/mol. The fourth-order valence-electron chi connectivity index (χ4n) is 5.15. The summed E-state index contributed by atoms with van der Waals surface area (Å²) in [6, 6.07) is 7.18. The van der Waals surface area contributed by atoms with Crippen LogP contribution in [0.5, 0.6) is 0 Å². The Morgan fingerprint density at radius 1 is 1.12 bits per heavy atom. The van der Waals surface area contributed by atoms with Crippen molar-refractivity contribution >= 4 is 13.0 Å². The quantitative estimate of drug-likeness (QED) is 0.0480. The molecule has 0 spiro atoms. The Bertz CT molecular complexity index is 1180. The van der Waals surface area contributed by atoms with Crippen LogP contribution in [-0.2, 0) is 27.0 Å². The van der Waals surface area contributed by atoms with E-state index in [9.17, 15) is 14.7 Å². The number of hydrogen-bond acceptors (Lipinski definition) is 8. The molecular formula is C30H49N6O5P. The van der Waals surface area contributed by atoms with E-state index in [0.717, 1.165) is 24.1 Å². The smallest absolute Gasteiger partial charge is 0.275 e. The highest BCUT2D eigenvalue weighted by molar-refractivity contribution is 7.62. The van der Waals surface area contributed by atoms with E-state index in [1.54, 1.807) is 23.7 Å². The van der Waals surface area contributed by atoms with Crippen LogP contribution >= 0.6 is 7.29 Å². The number of nitro benzene ring substituents is 1. The number of aromatic nitrogens is 3.